The smallest absolute Gasteiger partial charge is 0.252 e. The molecule has 0 saturated carbocycles. The van der Waals surface area contributed by atoms with Crippen molar-refractivity contribution in [1.29, 1.82) is 0 Å². The van der Waals surface area contributed by atoms with E-state index in [9.17, 15) is 9.59 Å². The molecule has 18 heavy (non-hydrogen) atoms. The van der Waals surface area contributed by atoms with Gasteiger partial charge in [-0.05, 0) is 45.0 Å². The van der Waals surface area contributed by atoms with Crippen LogP contribution in [0.15, 0.2) is 28.7 Å². The topological polar surface area (TPSA) is 49.4 Å². The second-order valence-corrected chi connectivity index (χ2v) is 5.86. The molecule has 0 aliphatic carbocycles. The lowest BCUT2D eigenvalue weighted by Crippen LogP contribution is -2.67. The van der Waals surface area contributed by atoms with E-state index in [2.05, 4.69) is 21.2 Å². The van der Waals surface area contributed by atoms with E-state index in [0.29, 0.717) is 0 Å². The summed E-state index contributed by atoms with van der Waals surface area (Å²) >= 11 is 3.35. The molecular formula is C13H15BrN2O2. The van der Waals surface area contributed by atoms with Gasteiger partial charge >= 0.3 is 0 Å². The van der Waals surface area contributed by atoms with Crippen LogP contribution in [-0.2, 0) is 9.59 Å². The van der Waals surface area contributed by atoms with Gasteiger partial charge in [0.15, 0.2) is 0 Å². The zero-order valence-corrected chi connectivity index (χ0v) is 12.1. The Kier molecular flexibility index (Phi) is 3.19. The summed E-state index contributed by atoms with van der Waals surface area (Å²) in [7, 11) is 0. The molecule has 1 fully saturated rings. The third-order valence-corrected chi connectivity index (χ3v) is 3.59. The maximum atomic E-state index is 12.4. The lowest BCUT2D eigenvalue weighted by atomic mass is 9.97. The molecule has 4 nitrogen and oxygen atoms in total. The van der Waals surface area contributed by atoms with E-state index < -0.39 is 11.6 Å². The minimum Gasteiger partial charge on any atom is -0.340 e. The van der Waals surface area contributed by atoms with Gasteiger partial charge in [-0.15, -0.1) is 0 Å². The van der Waals surface area contributed by atoms with Gasteiger partial charge < -0.3 is 5.32 Å². The van der Waals surface area contributed by atoms with Crippen molar-refractivity contribution < 1.29 is 9.59 Å². The zero-order chi connectivity index (χ0) is 13.5. The van der Waals surface area contributed by atoms with E-state index in [1.54, 1.807) is 25.7 Å². The molecule has 1 N–H and O–H groups in total. The molecule has 2 rings (SSSR count). The third kappa shape index (κ3) is 2.14. The van der Waals surface area contributed by atoms with Crippen LogP contribution < -0.4 is 10.2 Å². The average molecular weight is 311 g/mol. The number of nitrogens with zero attached hydrogens (tertiary/aromatic N) is 1. The lowest BCUT2D eigenvalue weighted by molar-refractivity contribution is -0.136. The fourth-order valence-electron chi connectivity index (χ4n) is 2.00. The number of carbonyl (C=O) groups is 2. The summed E-state index contributed by atoms with van der Waals surface area (Å²) in [6.45, 7) is 5.15. The molecule has 5 heteroatoms. The number of piperazine rings is 1. The Morgan fingerprint density at radius 2 is 1.78 bits per heavy atom. The minimum absolute atomic E-state index is 0.100. The maximum absolute atomic E-state index is 12.4. The second-order valence-electron chi connectivity index (χ2n) is 4.94. The molecule has 0 radical (unpaired) electrons. The van der Waals surface area contributed by atoms with Gasteiger partial charge in [-0.2, -0.15) is 0 Å². The van der Waals surface area contributed by atoms with Crippen LogP contribution in [0.4, 0.5) is 5.69 Å². The molecule has 1 heterocycles. The Morgan fingerprint density at radius 3 is 2.33 bits per heavy atom. The number of benzene rings is 1. The Bertz CT molecular complexity index is 496. The van der Waals surface area contributed by atoms with Crippen LogP contribution in [-0.4, -0.2) is 23.4 Å². The van der Waals surface area contributed by atoms with Crippen molar-refractivity contribution >= 4 is 33.4 Å². The van der Waals surface area contributed by atoms with Crippen molar-refractivity contribution in [3.05, 3.63) is 28.7 Å². The highest BCUT2D eigenvalue weighted by atomic mass is 79.9. The molecule has 1 aromatic rings. The van der Waals surface area contributed by atoms with E-state index in [-0.39, 0.29) is 11.8 Å². The van der Waals surface area contributed by atoms with E-state index in [1.165, 1.54) is 0 Å². The Hall–Kier alpha value is -1.36. The molecule has 1 aliphatic rings. The van der Waals surface area contributed by atoms with Crippen molar-refractivity contribution in [2.75, 3.05) is 4.90 Å². The summed E-state index contributed by atoms with van der Waals surface area (Å²) in [4.78, 5) is 25.8. The number of halogens is 1. The zero-order valence-electron chi connectivity index (χ0n) is 10.5. The quantitative estimate of drug-likeness (QED) is 0.863. The Morgan fingerprint density at radius 1 is 1.22 bits per heavy atom. The molecule has 96 valence electrons. The number of nitrogens with one attached hydrogen (secondary N) is 1. The standard InChI is InChI=1S/C13H15BrN2O2/c1-8-11(17)15-13(2,3)12(18)16(8)10-6-4-9(14)5-7-10/h4-8H,1-3H3,(H,15,17). The van der Waals surface area contributed by atoms with Crippen LogP contribution in [0.3, 0.4) is 0 Å². The van der Waals surface area contributed by atoms with Gasteiger partial charge in [0.2, 0.25) is 5.91 Å². The number of hydrogen-bond acceptors (Lipinski definition) is 2. The molecule has 2 amide bonds. The van der Waals surface area contributed by atoms with Crippen LogP contribution in [0.25, 0.3) is 0 Å². The molecule has 1 aromatic carbocycles. The number of amides is 2. The highest BCUT2D eigenvalue weighted by Gasteiger charge is 2.43. The van der Waals surface area contributed by atoms with Gasteiger partial charge in [-0.3, -0.25) is 14.5 Å². The summed E-state index contributed by atoms with van der Waals surface area (Å²) in [5.74, 6) is -0.237. The molecule has 1 aliphatic heterocycles. The van der Waals surface area contributed by atoms with E-state index >= 15 is 0 Å². The van der Waals surface area contributed by atoms with E-state index in [0.717, 1.165) is 10.2 Å². The average Bonchev–Trinajstić information content (AvgIpc) is 2.29. The van der Waals surface area contributed by atoms with Crippen molar-refractivity contribution in [2.45, 2.75) is 32.4 Å². The summed E-state index contributed by atoms with van der Waals surface area (Å²) in [6, 6.07) is 6.87. The summed E-state index contributed by atoms with van der Waals surface area (Å²) in [5.41, 5.74) is -0.130. The van der Waals surface area contributed by atoms with Crippen LogP contribution in [0.5, 0.6) is 0 Å². The molecule has 0 aromatic heterocycles. The van der Waals surface area contributed by atoms with Gasteiger partial charge in [0.1, 0.15) is 11.6 Å². The van der Waals surface area contributed by atoms with E-state index in [4.69, 9.17) is 0 Å². The van der Waals surface area contributed by atoms with Crippen molar-refractivity contribution in [1.82, 2.24) is 5.32 Å². The van der Waals surface area contributed by atoms with Crippen LogP contribution in [0.2, 0.25) is 0 Å². The molecule has 1 atom stereocenters. The monoisotopic (exact) mass is 310 g/mol. The first kappa shape index (κ1) is 13.1. The number of anilines is 1. The van der Waals surface area contributed by atoms with Gasteiger partial charge in [-0.25, -0.2) is 0 Å². The number of rotatable bonds is 1. The lowest BCUT2D eigenvalue weighted by Gasteiger charge is -2.41. The molecule has 0 bridgehead atoms. The Labute approximate surface area is 114 Å². The first-order valence-electron chi connectivity index (χ1n) is 5.74. The van der Waals surface area contributed by atoms with Crippen molar-refractivity contribution in [2.24, 2.45) is 0 Å². The first-order valence-corrected chi connectivity index (χ1v) is 6.53. The number of hydrogen-bond donors (Lipinski definition) is 1. The molecule has 0 spiro atoms. The molecule has 1 unspecified atom stereocenters. The highest BCUT2D eigenvalue weighted by Crippen LogP contribution is 2.26. The van der Waals surface area contributed by atoms with Gasteiger partial charge in [0.25, 0.3) is 5.91 Å². The van der Waals surface area contributed by atoms with Gasteiger partial charge in [-0.1, -0.05) is 15.9 Å². The minimum atomic E-state index is -0.864. The van der Waals surface area contributed by atoms with Crippen LogP contribution >= 0.6 is 15.9 Å². The number of carbonyl (C=O) groups excluding carboxylic acids is 2. The SMILES string of the molecule is CC1C(=O)NC(C)(C)C(=O)N1c1ccc(Br)cc1. The fourth-order valence-corrected chi connectivity index (χ4v) is 2.27. The summed E-state index contributed by atoms with van der Waals surface area (Å²) in [6.07, 6.45) is 0. The fraction of sp³-hybridized carbons (Fsp3) is 0.385. The maximum Gasteiger partial charge on any atom is 0.252 e. The van der Waals surface area contributed by atoms with Crippen LogP contribution in [0, 0.1) is 0 Å². The first-order chi connectivity index (χ1) is 8.33. The van der Waals surface area contributed by atoms with Gasteiger partial charge in [0.05, 0.1) is 0 Å². The van der Waals surface area contributed by atoms with Crippen LogP contribution in [0.1, 0.15) is 20.8 Å². The highest BCUT2D eigenvalue weighted by molar-refractivity contribution is 9.10. The predicted octanol–water partition coefficient (Wildman–Crippen LogP) is 2.08. The predicted molar refractivity (Wildman–Crippen MR) is 73.3 cm³/mol. The largest absolute Gasteiger partial charge is 0.340 e. The summed E-state index contributed by atoms with van der Waals surface area (Å²) < 4.78 is 0.937. The molecular weight excluding hydrogens is 296 g/mol. The normalized spacial score (nSPS) is 22.9. The second kappa shape index (κ2) is 4.39. The van der Waals surface area contributed by atoms with Gasteiger partial charge in [0, 0.05) is 10.2 Å². The van der Waals surface area contributed by atoms with Crippen molar-refractivity contribution in [3.63, 3.8) is 0 Å². The van der Waals surface area contributed by atoms with E-state index in [1.807, 2.05) is 24.3 Å². The van der Waals surface area contributed by atoms with Crippen molar-refractivity contribution in [3.8, 4) is 0 Å². The third-order valence-electron chi connectivity index (χ3n) is 3.06. The molecule has 1 saturated heterocycles. The Balaban J connectivity index is 2.43. The summed E-state index contributed by atoms with van der Waals surface area (Å²) in [5, 5.41) is 2.73.